The number of esters is 1. The molecular weight excluding hydrogens is 164 g/mol. The standard InChI is InChI=1S/C11H18O2/c1-4-9(2)10(12)13-11(3)7-5-6-8-11/h4,9H,1,5-8H2,2-3H3. The van der Waals surface area contributed by atoms with Gasteiger partial charge in [0.25, 0.3) is 0 Å². The van der Waals surface area contributed by atoms with Crippen LogP contribution >= 0.6 is 0 Å². The molecule has 1 saturated carbocycles. The molecule has 0 radical (unpaired) electrons. The molecule has 0 heterocycles. The Labute approximate surface area is 80.0 Å². The number of rotatable bonds is 3. The lowest BCUT2D eigenvalue weighted by Crippen LogP contribution is -2.30. The minimum atomic E-state index is -0.200. The van der Waals surface area contributed by atoms with E-state index in [1.807, 2.05) is 13.8 Å². The minimum Gasteiger partial charge on any atom is -0.459 e. The van der Waals surface area contributed by atoms with Crippen LogP contribution in [0.15, 0.2) is 12.7 Å². The zero-order valence-electron chi connectivity index (χ0n) is 8.51. The molecule has 0 spiro atoms. The molecule has 1 rings (SSSR count). The number of carbonyl (C=O) groups is 1. The quantitative estimate of drug-likeness (QED) is 0.495. The summed E-state index contributed by atoms with van der Waals surface area (Å²) in [6, 6.07) is 0. The van der Waals surface area contributed by atoms with Gasteiger partial charge in [0.15, 0.2) is 0 Å². The van der Waals surface area contributed by atoms with Crippen molar-refractivity contribution >= 4 is 5.97 Å². The molecule has 0 aromatic carbocycles. The molecule has 0 saturated heterocycles. The van der Waals surface area contributed by atoms with Gasteiger partial charge in [0, 0.05) is 0 Å². The molecule has 1 aliphatic rings. The third kappa shape index (κ3) is 2.58. The summed E-state index contributed by atoms with van der Waals surface area (Å²) < 4.78 is 5.44. The first-order valence-electron chi connectivity index (χ1n) is 4.93. The van der Waals surface area contributed by atoms with Gasteiger partial charge in [-0.15, -0.1) is 6.58 Å². The van der Waals surface area contributed by atoms with Gasteiger partial charge in [-0.05, 0) is 39.5 Å². The summed E-state index contributed by atoms with van der Waals surface area (Å²) in [5.41, 5.74) is -0.200. The second kappa shape index (κ2) is 3.95. The van der Waals surface area contributed by atoms with Crippen molar-refractivity contribution in [2.45, 2.75) is 45.1 Å². The van der Waals surface area contributed by atoms with E-state index >= 15 is 0 Å². The zero-order valence-corrected chi connectivity index (χ0v) is 8.51. The van der Waals surface area contributed by atoms with Gasteiger partial charge in [-0.1, -0.05) is 6.08 Å². The Hall–Kier alpha value is -0.790. The molecule has 2 heteroatoms. The van der Waals surface area contributed by atoms with E-state index in [2.05, 4.69) is 6.58 Å². The van der Waals surface area contributed by atoms with Gasteiger partial charge in [0.2, 0.25) is 0 Å². The maximum Gasteiger partial charge on any atom is 0.313 e. The van der Waals surface area contributed by atoms with Crippen molar-refractivity contribution in [2.75, 3.05) is 0 Å². The Morgan fingerprint density at radius 2 is 2.08 bits per heavy atom. The molecule has 0 aliphatic heterocycles. The molecule has 0 aromatic rings. The van der Waals surface area contributed by atoms with Crippen molar-refractivity contribution in [2.24, 2.45) is 5.92 Å². The maximum absolute atomic E-state index is 11.4. The van der Waals surface area contributed by atoms with Crippen LogP contribution in [-0.4, -0.2) is 11.6 Å². The van der Waals surface area contributed by atoms with Crippen LogP contribution in [0.25, 0.3) is 0 Å². The zero-order chi connectivity index (χ0) is 9.90. The van der Waals surface area contributed by atoms with Crippen LogP contribution in [0.2, 0.25) is 0 Å². The minimum absolute atomic E-state index is 0.139. The highest BCUT2D eigenvalue weighted by molar-refractivity contribution is 5.74. The summed E-state index contributed by atoms with van der Waals surface area (Å²) in [4.78, 5) is 11.4. The first kappa shape index (κ1) is 10.3. The lowest BCUT2D eigenvalue weighted by Gasteiger charge is -2.25. The van der Waals surface area contributed by atoms with Crippen LogP contribution in [-0.2, 0) is 9.53 Å². The summed E-state index contributed by atoms with van der Waals surface area (Å²) >= 11 is 0. The van der Waals surface area contributed by atoms with Crippen LogP contribution in [0.5, 0.6) is 0 Å². The second-order valence-electron chi connectivity index (χ2n) is 4.10. The number of hydrogen-bond donors (Lipinski definition) is 0. The van der Waals surface area contributed by atoms with E-state index < -0.39 is 0 Å². The van der Waals surface area contributed by atoms with Crippen molar-refractivity contribution in [3.63, 3.8) is 0 Å². The Morgan fingerprint density at radius 1 is 1.54 bits per heavy atom. The molecule has 1 atom stereocenters. The molecule has 0 aromatic heterocycles. The van der Waals surface area contributed by atoms with Gasteiger partial charge < -0.3 is 4.74 Å². The maximum atomic E-state index is 11.4. The van der Waals surface area contributed by atoms with Crippen LogP contribution in [0.4, 0.5) is 0 Å². The third-order valence-corrected chi connectivity index (χ3v) is 2.73. The normalized spacial score (nSPS) is 22.3. The highest BCUT2D eigenvalue weighted by Crippen LogP contribution is 2.33. The molecule has 1 fully saturated rings. The Kier molecular flexibility index (Phi) is 3.12. The van der Waals surface area contributed by atoms with Crippen molar-refractivity contribution in [3.8, 4) is 0 Å². The first-order valence-corrected chi connectivity index (χ1v) is 4.93. The van der Waals surface area contributed by atoms with Crippen molar-refractivity contribution in [3.05, 3.63) is 12.7 Å². The lowest BCUT2D eigenvalue weighted by molar-refractivity contribution is -0.160. The van der Waals surface area contributed by atoms with Crippen LogP contribution in [0.3, 0.4) is 0 Å². The lowest BCUT2D eigenvalue weighted by atomic mass is 10.1. The van der Waals surface area contributed by atoms with Crippen LogP contribution < -0.4 is 0 Å². The topological polar surface area (TPSA) is 26.3 Å². The number of carbonyl (C=O) groups excluding carboxylic acids is 1. The smallest absolute Gasteiger partial charge is 0.313 e. The van der Waals surface area contributed by atoms with Gasteiger partial charge in [0.05, 0.1) is 5.92 Å². The fourth-order valence-corrected chi connectivity index (χ4v) is 1.66. The molecule has 74 valence electrons. The van der Waals surface area contributed by atoms with E-state index in [1.54, 1.807) is 6.08 Å². The summed E-state index contributed by atoms with van der Waals surface area (Å²) in [5, 5.41) is 0. The monoisotopic (exact) mass is 182 g/mol. The molecule has 0 N–H and O–H groups in total. The Balaban J connectivity index is 2.47. The van der Waals surface area contributed by atoms with E-state index in [9.17, 15) is 4.79 Å². The average molecular weight is 182 g/mol. The van der Waals surface area contributed by atoms with Crippen molar-refractivity contribution in [1.82, 2.24) is 0 Å². The van der Waals surface area contributed by atoms with Crippen LogP contribution in [0, 0.1) is 5.92 Å². The van der Waals surface area contributed by atoms with Crippen molar-refractivity contribution in [1.29, 1.82) is 0 Å². The average Bonchev–Trinajstić information content (AvgIpc) is 2.50. The van der Waals surface area contributed by atoms with E-state index in [-0.39, 0.29) is 17.5 Å². The fourth-order valence-electron chi connectivity index (χ4n) is 1.66. The van der Waals surface area contributed by atoms with Gasteiger partial charge in [-0.25, -0.2) is 0 Å². The Bertz CT molecular complexity index is 202. The van der Waals surface area contributed by atoms with E-state index in [1.165, 1.54) is 12.8 Å². The fraction of sp³-hybridized carbons (Fsp3) is 0.727. The van der Waals surface area contributed by atoms with Gasteiger partial charge in [-0.3, -0.25) is 4.79 Å². The summed E-state index contributed by atoms with van der Waals surface area (Å²) in [6.45, 7) is 7.41. The molecular formula is C11H18O2. The predicted molar refractivity (Wildman–Crippen MR) is 52.3 cm³/mol. The first-order chi connectivity index (χ1) is 6.07. The number of hydrogen-bond acceptors (Lipinski definition) is 2. The molecule has 0 bridgehead atoms. The molecule has 0 amide bonds. The van der Waals surface area contributed by atoms with Crippen LogP contribution in [0.1, 0.15) is 39.5 Å². The SMILES string of the molecule is C=CC(C)C(=O)OC1(C)CCCC1. The van der Waals surface area contributed by atoms with Gasteiger partial charge in [0.1, 0.15) is 5.60 Å². The predicted octanol–water partition coefficient (Wildman–Crippen LogP) is 2.68. The highest BCUT2D eigenvalue weighted by atomic mass is 16.6. The molecule has 2 nitrogen and oxygen atoms in total. The largest absolute Gasteiger partial charge is 0.459 e. The summed E-state index contributed by atoms with van der Waals surface area (Å²) in [7, 11) is 0. The highest BCUT2D eigenvalue weighted by Gasteiger charge is 2.33. The van der Waals surface area contributed by atoms with Gasteiger partial charge in [-0.2, -0.15) is 0 Å². The Morgan fingerprint density at radius 3 is 2.54 bits per heavy atom. The second-order valence-corrected chi connectivity index (χ2v) is 4.10. The van der Waals surface area contributed by atoms with E-state index in [0.29, 0.717) is 0 Å². The molecule has 1 unspecified atom stereocenters. The number of ether oxygens (including phenoxy) is 1. The molecule has 1 aliphatic carbocycles. The van der Waals surface area contributed by atoms with E-state index in [0.717, 1.165) is 12.8 Å². The third-order valence-electron chi connectivity index (χ3n) is 2.73. The summed E-state index contributed by atoms with van der Waals surface area (Å²) in [5.74, 6) is -0.322. The summed E-state index contributed by atoms with van der Waals surface area (Å²) in [6.07, 6.45) is 5.98. The van der Waals surface area contributed by atoms with Gasteiger partial charge >= 0.3 is 5.97 Å². The van der Waals surface area contributed by atoms with E-state index in [4.69, 9.17) is 4.74 Å². The molecule has 13 heavy (non-hydrogen) atoms. The van der Waals surface area contributed by atoms with Crippen molar-refractivity contribution < 1.29 is 9.53 Å².